The maximum Gasteiger partial charge on any atom is 0.0234 e. The Balaban J connectivity index is 1.43. The molecule has 2 aromatic rings. The van der Waals surface area contributed by atoms with Crippen molar-refractivity contribution in [3.05, 3.63) is 42.5 Å². The molecular weight excluding hydrogens is 328 g/mol. The highest BCUT2D eigenvalue weighted by molar-refractivity contribution is 7.97. The van der Waals surface area contributed by atoms with E-state index in [2.05, 4.69) is 57.8 Å². The van der Waals surface area contributed by atoms with Gasteiger partial charge in [0.1, 0.15) is 0 Å². The Hall–Kier alpha value is -1.11. The van der Waals surface area contributed by atoms with Crippen LogP contribution in [0.5, 0.6) is 0 Å². The first-order valence-corrected chi connectivity index (χ1v) is 10.2. The monoisotopic (exact) mass is 360 g/mol. The van der Waals surface area contributed by atoms with E-state index in [1.165, 1.54) is 28.5 Å². The minimum atomic E-state index is 0.780. The molecule has 0 spiro atoms. The van der Waals surface area contributed by atoms with Gasteiger partial charge in [-0.2, -0.15) is 0 Å². The largest absolute Gasteiger partial charge is 0.330 e. The first-order valence-electron chi connectivity index (χ1n) is 9.40. The van der Waals surface area contributed by atoms with Crippen LogP contribution in [0.15, 0.2) is 47.4 Å². The fraction of sp³-hybridized carbons (Fsp3) is 0.500. The smallest absolute Gasteiger partial charge is 0.0234 e. The molecule has 0 fully saturated rings. The number of nitrogens with two attached hydrogens (primary N) is 1. The highest BCUT2D eigenvalue weighted by atomic mass is 32.2. The van der Waals surface area contributed by atoms with Crippen LogP contribution in [0.4, 0.5) is 0 Å². The molecule has 0 atom stereocenters. The van der Waals surface area contributed by atoms with Gasteiger partial charge in [-0.3, -0.25) is 4.72 Å². The van der Waals surface area contributed by atoms with Crippen LogP contribution in [-0.2, 0) is 0 Å². The molecule has 5 N–H and O–H groups in total. The van der Waals surface area contributed by atoms with Crippen molar-refractivity contribution in [2.45, 2.75) is 30.6 Å². The van der Waals surface area contributed by atoms with E-state index in [0.29, 0.717) is 0 Å². The third-order valence-corrected chi connectivity index (χ3v) is 4.90. The van der Waals surface area contributed by atoms with Gasteiger partial charge in [-0.15, -0.1) is 0 Å². The van der Waals surface area contributed by atoms with Gasteiger partial charge < -0.3 is 16.4 Å². The van der Waals surface area contributed by atoms with Crippen molar-refractivity contribution in [2.24, 2.45) is 5.73 Å². The van der Waals surface area contributed by atoms with E-state index in [9.17, 15) is 0 Å². The van der Waals surface area contributed by atoms with Crippen LogP contribution in [0.1, 0.15) is 25.7 Å². The highest BCUT2D eigenvalue weighted by Crippen LogP contribution is 2.21. The molecule has 4 nitrogen and oxygen atoms in total. The average Bonchev–Trinajstić information content (AvgIpc) is 2.65. The van der Waals surface area contributed by atoms with Crippen LogP contribution in [0.3, 0.4) is 0 Å². The van der Waals surface area contributed by atoms with Gasteiger partial charge in [-0.25, -0.2) is 0 Å². The van der Waals surface area contributed by atoms with Crippen LogP contribution in [-0.4, -0.2) is 39.3 Å². The summed E-state index contributed by atoms with van der Waals surface area (Å²) in [5.41, 5.74) is 5.46. The van der Waals surface area contributed by atoms with Gasteiger partial charge in [0.25, 0.3) is 0 Å². The summed E-state index contributed by atoms with van der Waals surface area (Å²) >= 11 is 1.72. The van der Waals surface area contributed by atoms with Crippen LogP contribution < -0.4 is 21.1 Å². The summed E-state index contributed by atoms with van der Waals surface area (Å²) in [5, 5.41) is 9.52. The van der Waals surface area contributed by atoms with E-state index in [0.717, 1.165) is 52.1 Å². The lowest BCUT2D eigenvalue weighted by molar-refractivity contribution is 0.568. The Labute approximate surface area is 156 Å². The van der Waals surface area contributed by atoms with Crippen molar-refractivity contribution in [2.75, 3.05) is 39.3 Å². The van der Waals surface area contributed by atoms with E-state index < -0.39 is 0 Å². The first-order chi connectivity index (χ1) is 12.4. The minimum Gasteiger partial charge on any atom is -0.330 e. The molecule has 0 amide bonds. The molecule has 0 aliphatic carbocycles. The summed E-state index contributed by atoms with van der Waals surface area (Å²) in [6.45, 7) is 6.13. The zero-order valence-electron chi connectivity index (χ0n) is 15.1. The van der Waals surface area contributed by atoms with Crippen molar-refractivity contribution >= 4 is 22.7 Å². The zero-order chi connectivity index (χ0) is 17.6. The lowest BCUT2D eigenvalue weighted by atomic mass is 10.1. The predicted molar refractivity (Wildman–Crippen MR) is 111 cm³/mol. The minimum absolute atomic E-state index is 0.780. The summed E-state index contributed by atoms with van der Waals surface area (Å²) < 4.78 is 3.45. The predicted octanol–water partition coefficient (Wildman–Crippen LogP) is 3.13. The molecule has 2 rings (SSSR count). The number of nitrogens with one attached hydrogen (secondary N) is 3. The Morgan fingerprint density at radius 1 is 0.720 bits per heavy atom. The fourth-order valence-electron chi connectivity index (χ4n) is 2.63. The van der Waals surface area contributed by atoms with Crippen LogP contribution >= 0.6 is 11.9 Å². The first kappa shape index (κ1) is 20.2. The van der Waals surface area contributed by atoms with Gasteiger partial charge in [0.15, 0.2) is 0 Å². The molecule has 0 saturated heterocycles. The Bertz CT molecular complexity index is 591. The van der Waals surface area contributed by atoms with Crippen molar-refractivity contribution in [1.82, 2.24) is 15.4 Å². The number of unbranched alkanes of at least 4 members (excludes halogenated alkanes) is 1. The Morgan fingerprint density at radius 2 is 1.40 bits per heavy atom. The van der Waals surface area contributed by atoms with Crippen molar-refractivity contribution in [3.8, 4) is 0 Å². The standard InChI is InChI=1S/C20H32N4S/c21-11-5-14-22-12-3-4-13-23-15-6-16-24-25-20-10-9-18-7-1-2-8-19(18)17-20/h1-2,7-10,17,22-24H,3-6,11-16,21H2. The van der Waals surface area contributed by atoms with E-state index in [1.807, 2.05) is 0 Å². The Morgan fingerprint density at radius 3 is 2.16 bits per heavy atom. The van der Waals surface area contributed by atoms with Crippen molar-refractivity contribution in [3.63, 3.8) is 0 Å². The third-order valence-electron chi connectivity index (χ3n) is 4.06. The van der Waals surface area contributed by atoms with Crippen molar-refractivity contribution < 1.29 is 0 Å². The fourth-order valence-corrected chi connectivity index (χ4v) is 3.36. The summed E-state index contributed by atoms with van der Waals surface area (Å²) in [4.78, 5) is 1.27. The SMILES string of the molecule is NCCCNCCCCNCCCNSc1ccc2ccccc2c1. The lowest BCUT2D eigenvalue weighted by Crippen LogP contribution is -2.22. The highest BCUT2D eigenvalue weighted by Gasteiger charge is 1.97. The molecule has 0 aromatic heterocycles. The number of rotatable bonds is 14. The summed E-state index contributed by atoms with van der Waals surface area (Å²) in [6, 6.07) is 15.1. The zero-order valence-corrected chi connectivity index (χ0v) is 15.9. The molecule has 0 heterocycles. The van der Waals surface area contributed by atoms with Gasteiger partial charge in [0.05, 0.1) is 0 Å². The van der Waals surface area contributed by atoms with Crippen LogP contribution in [0, 0.1) is 0 Å². The summed E-state index contributed by atoms with van der Waals surface area (Å²) in [5.74, 6) is 0. The maximum atomic E-state index is 5.46. The second-order valence-electron chi connectivity index (χ2n) is 6.21. The van der Waals surface area contributed by atoms with E-state index >= 15 is 0 Å². The number of hydrogen-bond donors (Lipinski definition) is 4. The van der Waals surface area contributed by atoms with Crippen LogP contribution in [0.25, 0.3) is 10.8 Å². The molecule has 0 aliphatic heterocycles. The van der Waals surface area contributed by atoms with Gasteiger partial charge in [0.2, 0.25) is 0 Å². The lowest BCUT2D eigenvalue weighted by Gasteiger charge is -2.07. The van der Waals surface area contributed by atoms with Crippen molar-refractivity contribution in [1.29, 1.82) is 0 Å². The molecular formula is C20H32N4S. The van der Waals surface area contributed by atoms with E-state index in [1.54, 1.807) is 11.9 Å². The van der Waals surface area contributed by atoms with Gasteiger partial charge in [-0.05, 0) is 93.3 Å². The number of fused-ring (bicyclic) bond motifs is 1. The summed E-state index contributed by atoms with van der Waals surface area (Å²) in [6.07, 6.45) is 4.68. The van der Waals surface area contributed by atoms with Gasteiger partial charge in [0, 0.05) is 11.4 Å². The van der Waals surface area contributed by atoms with Gasteiger partial charge in [-0.1, -0.05) is 30.3 Å². The van der Waals surface area contributed by atoms with Crippen LogP contribution in [0.2, 0.25) is 0 Å². The van der Waals surface area contributed by atoms with Gasteiger partial charge >= 0.3 is 0 Å². The topological polar surface area (TPSA) is 62.1 Å². The van der Waals surface area contributed by atoms with E-state index in [-0.39, 0.29) is 0 Å². The molecule has 0 radical (unpaired) electrons. The second kappa shape index (κ2) is 13.1. The molecule has 2 aromatic carbocycles. The molecule has 25 heavy (non-hydrogen) atoms. The molecule has 138 valence electrons. The Kier molecular flexibility index (Phi) is 10.6. The normalized spacial score (nSPS) is 11.2. The molecule has 0 aliphatic rings. The molecule has 0 bridgehead atoms. The summed E-state index contributed by atoms with van der Waals surface area (Å²) in [7, 11) is 0. The van der Waals surface area contributed by atoms with E-state index in [4.69, 9.17) is 5.73 Å². The molecule has 0 saturated carbocycles. The third kappa shape index (κ3) is 8.70. The molecule has 0 unspecified atom stereocenters. The quantitative estimate of drug-likeness (QED) is 0.308. The number of hydrogen-bond acceptors (Lipinski definition) is 5. The molecule has 5 heteroatoms. The average molecular weight is 361 g/mol. The number of benzene rings is 2. The second-order valence-corrected chi connectivity index (χ2v) is 7.17. The maximum absolute atomic E-state index is 5.46.